The maximum absolute atomic E-state index is 15.0. The van der Waals surface area contributed by atoms with Gasteiger partial charge in [0, 0.05) is 42.7 Å². The van der Waals surface area contributed by atoms with E-state index in [1.165, 1.54) is 6.42 Å². The van der Waals surface area contributed by atoms with Gasteiger partial charge in [0.05, 0.1) is 5.69 Å². The number of amides is 1. The van der Waals surface area contributed by atoms with Crippen molar-refractivity contribution >= 4 is 23.5 Å². The number of fused-ring (bicyclic) bond motifs is 1. The Labute approximate surface area is 190 Å². The molecular formula is C22H29FN8O2. The second-order valence-electron chi connectivity index (χ2n) is 9.06. The highest BCUT2D eigenvalue weighted by Gasteiger charge is 2.40. The zero-order chi connectivity index (χ0) is 22.9. The predicted molar refractivity (Wildman–Crippen MR) is 120 cm³/mol. The number of anilines is 2. The van der Waals surface area contributed by atoms with E-state index in [9.17, 15) is 4.79 Å². The molecule has 2 fully saturated rings. The number of rotatable bonds is 7. The number of aromatic nitrogens is 5. The van der Waals surface area contributed by atoms with Crippen molar-refractivity contribution in [2.45, 2.75) is 63.9 Å². The number of alkyl carbamates (subject to hydrolysis) is 1. The first-order valence-corrected chi connectivity index (χ1v) is 11.4. The van der Waals surface area contributed by atoms with Crippen LogP contribution in [0.15, 0.2) is 24.5 Å². The summed E-state index contributed by atoms with van der Waals surface area (Å²) in [6, 6.07) is 3.59. The highest BCUT2D eigenvalue weighted by Crippen LogP contribution is 2.38. The highest BCUT2D eigenvalue weighted by atomic mass is 19.1. The summed E-state index contributed by atoms with van der Waals surface area (Å²) >= 11 is 0. The topological polar surface area (TPSA) is 112 Å². The van der Waals surface area contributed by atoms with Crippen molar-refractivity contribution in [3.8, 4) is 0 Å². The molecular weight excluding hydrogens is 427 g/mol. The van der Waals surface area contributed by atoms with Gasteiger partial charge >= 0.3 is 6.09 Å². The number of aromatic amines is 1. The molecule has 3 aromatic rings. The number of hydrogen-bond acceptors (Lipinski definition) is 7. The summed E-state index contributed by atoms with van der Waals surface area (Å²) in [5.74, 6) is 0.713. The van der Waals surface area contributed by atoms with E-state index in [1.807, 2.05) is 30.5 Å². The van der Waals surface area contributed by atoms with Gasteiger partial charge < -0.3 is 15.4 Å². The number of H-pyrrole nitrogens is 1. The summed E-state index contributed by atoms with van der Waals surface area (Å²) in [4.78, 5) is 23.3. The molecule has 33 heavy (non-hydrogen) atoms. The standard InChI is InChI=1S/C22H29FN8O2/c1-13(2)25-22(32)33-17-5-4-15(20(17)23)16-10-18(29-28-16)27-21-24-7-6-19-26-14(12-31(19)21)11-30-8-3-9-30/h6-7,10,12-13,15,17,20H,3-5,8-9,11H2,1-2H3,(H,25,32)(H2,24,27,28,29)/t15-,17-,20+/m0/s1. The molecule has 0 unspecified atom stereocenters. The number of alkyl halides is 1. The summed E-state index contributed by atoms with van der Waals surface area (Å²) in [6.07, 6.45) is 3.31. The van der Waals surface area contributed by atoms with Crippen molar-refractivity contribution < 1.29 is 13.9 Å². The van der Waals surface area contributed by atoms with Crippen molar-refractivity contribution in [2.75, 3.05) is 18.4 Å². The van der Waals surface area contributed by atoms with Crippen LogP contribution in [0.2, 0.25) is 0 Å². The average Bonchev–Trinajstić information content (AvgIpc) is 3.44. The van der Waals surface area contributed by atoms with Crippen LogP contribution in [0.1, 0.15) is 50.4 Å². The van der Waals surface area contributed by atoms with Crippen LogP contribution in [0.4, 0.5) is 21.0 Å². The normalized spacial score (nSPS) is 23.1. The molecule has 3 aromatic heterocycles. The Balaban J connectivity index is 1.26. The first-order valence-electron chi connectivity index (χ1n) is 11.4. The van der Waals surface area contributed by atoms with Gasteiger partial charge in [-0.1, -0.05) is 0 Å². The number of hydrogen-bond donors (Lipinski definition) is 3. The number of nitrogens with one attached hydrogen (secondary N) is 3. The van der Waals surface area contributed by atoms with Crippen LogP contribution in [-0.2, 0) is 11.3 Å². The maximum Gasteiger partial charge on any atom is 0.407 e. The van der Waals surface area contributed by atoms with Crippen LogP contribution in [-0.4, -0.2) is 67.0 Å². The minimum atomic E-state index is -1.30. The van der Waals surface area contributed by atoms with Crippen molar-refractivity contribution in [3.05, 3.63) is 35.9 Å². The minimum absolute atomic E-state index is 0.0608. The fourth-order valence-corrected chi connectivity index (χ4v) is 4.39. The number of likely N-dealkylation sites (tertiary alicyclic amines) is 1. The summed E-state index contributed by atoms with van der Waals surface area (Å²) in [5, 5.41) is 13.1. The number of halogens is 1. The molecule has 1 saturated carbocycles. The van der Waals surface area contributed by atoms with E-state index in [4.69, 9.17) is 4.74 Å². The Bertz CT molecular complexity index is 1120. The molecule has 0 aromatic carbocycles. The van der Waals surface area contributed by atoms with Gasteiger partial charge in [-0.3, -0.25) is 14.4 Å². The van der Waals surface area contributed by atoms with Crippen LogP contribution < -0.4 is 10.6 Å². The van der Waals surface area contributed by atoms with Crippen LogP contribution in [0.3, 0.4) is 0 Å². The lowest BCUT2D eigenvalue weighted by molar-refractivity contribution is 0.0555. The summed E-state index contributed by atoms with van der Waals surface area (Å²) in [7, 11) is 0. The molecule has 11 heteroatoms. The monoisotopic (exact) mass is 456 g/mol. The molecule has 0 spiro atoms. The molecule has 3 atom stereocenters. The summed E-state index contributed by atoms with van der Waals surface area (Å²) in [5.41, 5.74) is 2.46. The molecule has 1 amide bonds. The third-order valence-corrected chi connectivity index (χ3v) is 6.17. The van der Waals surface area contributed by atoms with E-state index < -0.39 is 24.3 Å². The highest BCUT2D eigenvalue weighted by molar-refractivity contribution is 5.67. The molecule has 4 heterocycles. The average molecular weight is 457 g/mol. The van der Waals surface area contributed by atoms with Gasteiger partial charge in [-0.2, -0.15) is 5.10 Å². The van der Waals surface area contributed by atoms with Crippen molar-refractivity contribution in [1.82, 2.24) is 34.8 Å². The van der Waals surface area contributed by atoms with Crippen LogP contribution in [0.25, 0.3) is 5.65 Å². The lowest BCUT2D eigenvalue weighted by atomic mass is 10.0. The number of ether oxygens (including phenoxy) is 1. The number of carbonyl (C=O) groups is 1. The van der Waals surface area contributed by atoms with Crippen molar-refractivity contribution in [3.63, 3.8) is 0 Å². The molecule has 0 bridgehead atoms. The molecule has 1 aliphatic heterocycles. The van der Waals surface area contributed by atoms with Gasteiger partial charge in [-0.05, 0) is 52.3 Å². The smallest absolute Gasteiger partial charge is 0.407 e. The predicted octanol–water partition coefficient (Wildman–Crippen LogP) is 3.12. The fraction of sp³-hybridized carbons (Fsp3) is 0.545. The molecule has 5 rings (SSSR count). The SMILES string of the molecule is CC(C)NC(=O)O[C@H]1CC[C@@H](c2cc(Nc3nccc4nc(CN5CCC5)cn34)n[nH]2)[C@H]1F. The van der Waals surface area contributed by atoms with Gasteiger partial charge in [0.25, 0.3) is 0 Å². The first kappa shape index (κ1) is 21.6. The third-order valence-electron chi connectivity index (χ3n) is 6.17. The van der Waals surface area contributed by atoms with Gasteiger partial charge in [0.1, 0.15) is 17.9 Å². The lowest BCUT2D eigenvalue weighted by Gasteiger charge is -2.29. The molecule has 176 valence electrons. The van der Waals surface area contributed by atoms with E-state index in [0.717, 1.165) is 31.0 Å². The maximum atomic E-state index is 15.0. The van der Waals surface area contributed by atoms with E-state index in [2.05, 4.69) is 35.7 Å². The Morgan fingerprint density at radius 1 is 1.36 bits per heavy atom. The molecule has 10 nitrogen and oxygen atoms in total. The van der Waals surface area contributed by atoms with Gasteiger partial charge in [-0.15, -0.1) is 0 Å². The van der Waals surface area contributed by atoms with E-state index >= 15 is 4.39 Å². The molecule has 0 radical (unpaired) electrons. The Hall–Kier alpha value is -3.21. The van der Waals surface area contributed by atoms with Crippen LogP contribution >= 0.6 is 0 Å². The Morgan fingerprint density at radius 3 is 2.97 bits per heavy atom. The van der Waals surface area contributed by atoms with Crippen molar-refractivity contribution in [1.29, 1.82) is 0 Å². The zero-order valence-electron chi connectivity index (χ0n) is 18.8. The zero-order valence-corrected chi connectivity index (χ0v) is 18.8. The van der Waals surface area contributed by atoms with E-state index in [1.54, 1.807) is 12.3 Å². The lowest BCUT2D eigenvalue weighted by Crippen LogP contribution is -2.36. The molecule has 1 saturated heterocycles. The second-order valence-corrected chi connectivity index (χ2v) is 9.06. The molecule has 2 aliphatic rings. The number of nitrogens with zero attached hydrogens (tertiary/aromatic N) is 5. The third kappa shape index (κ3) is 4.63. The number of imidazole rings is 1. The van der Waals surface area contributed by atoms with Crippen LogP contribution in [0.5, 0.6) is 0 Å². The summed E-state index contributed by atoms with van der Waals surface area (Å²) in [6.45, 7) is 6.70. The molecule has 1 aliphatic carbocycles. The van der Waals surface area contributed by atoms with E-state index in [0.29, 0.717) is 30.3 Å². The Kier molecular flexibility index (Phi) is 5.88. The minimum Gasteiger partial charge on any atom is -0.443 e. The second kappa shape index (κ2) is 8.97. The van der Waals surface area contributed by atoms with Crippen molar-refractivity contribution in [2.24, 2.45) is 0 Å². The van der Waals surface area contributed by atoms with Gasteiger partial charge in [0.15, 0.2) is 5.82 Å². The number of carbonyl (C=O) groups excluding carboxylic acids is 1. The fourth-order valence-electron chi connectivity index (χ4n) is 4.39. The first-order chi connectivity index (χ1) is 16.0. The van der Waals surface area contributed by atoms with Crippen LogP contribution in [0, 0.1) is 0 Å². The molecule has 3 N–H and O–H groups in total. The summed E-state index contributed by atoms with van der Waals surface area (Å²) < 4.78 is 22.2. The largest absolute Gasteiger partial charge is 0.443 e. The van der Waals surface area contributed by atoms with E-state index in [-0.39, 0.29) is 6.04 Å². The van der Waals surface area contributed by atoms with Gasteiger partial charge in [-0.25, -0.2) is 19.2 Å². The van der Waals surface area contributed by atoms with Gasteiger partial charge in [0.2, 0.25) is 5.95 Å². The Morgan fingerprint density at radius 2 is 2.21 bits per heavy atom. The quantitative estimate of drug-likeness (QED) is 0.501.